The summed E-state index contributed by atoms with van der Waals surface area (Å²) in [5.41, 5.74) is 0.735. The van der Waals surface area contributed by atoms with Crippen LogP contribution in [0.4, 0.5) is 0 Å². The second kappa shape index (κ2) is 8.02. The number of nitriles is 1. The van der Waals surface area contributed by atoms with E-state index in [2.05, 4.69) is 39.1 Å². The lowest BCUT2D eigenvalue weighted by atomic mass is 9.82. The lowest BCUT2D eigenvalue weighted by molar-refractivity contribution is 0.103. The minimum Gasteiger partial charge on any atom is -0.489 e. The highest BCUT2D eigenvalue weighted by Gasteiger charge is 2.19. The van der Waals surface area contributed by atoms with Crippen LogP contribution in [0.25, 0.3) is 0 Å². The van der Waals surface area contributed by atoms with E-state index in [1.54, 1.807) is 18.2 Å². The number of ether oxygens (including phenoxy) is 1. The molecule has 0 aliphatic carbocycles. The van der Waals surface area contributed by atoms with Crippen molar-refractivity contribution < 1.29 is 9.84 Å². The van der Waals surface area contributed by atoms with Crippen molar-refractivity contribution in [3.8, 4) is 11.8 Å². The molecule has 0 aliphatic rings. The first-order chi connectivity index (χ1) is 9.84. The zero-order valence-electron chi connectivity index (χ0n) is 13.4. The Morgan fingerprint density at radius 2 is 1.95 bits per heavy atom. The van der Waals surface area contributed by atoms with Gasteiger partial charge >= 0.3 is 0 Å². The molecule has 2 unspecified atom stereocenters. The van der Waals surface area contributed by atoms with Gasteiger partial charge in [-0.2, -0.15) is 5.26 Å². The van der Waals surface area contributed by atoms with Gasteiger partial charge in [-0.05, 0) is 30.0 Å². The Labute approximate surface area is 127 Å². The molecule has 0 radical (unpaired) electrons. The van der Waals surface area contributed by atoms with Crippen molar-refractivity contribution in [1.82, 2.24) is 5.32 Å². The molecule has 0 amide bonds. The van der Waals surface area contributed by atoms with Gasteiger partial charge in [0.25, 0.3) is 0 Å². The smallest absolute Gasteiger partial charge is 0.137 e. The number of hydrogen-bond acceptors (Lipinski definition) is 4. The molecule has 4 nitrogen and oxygen atoms in total. The lowest BCUT2D eigenvalue weighted by Gasteiger charge is -2.27. The van der Waals surface area contributed by atoms with Crippen LogP contribution >= 0.6 is 0 Å². The topological polar surface area (TPSA) is 65.3 Å². The van der Waals surface area contributed by atoms with Crippen molar-refractivity contribution in [3.05, 3.63) is 29.8 Å². The van der Waals surface area contributed by atoms with Crippen LogP contribution in [0.5, 0.6) is 5.75 Å². The van der Waals surface area contributed by atoms with E-state index in [1.165, 1.54) is 0 Å². The molecular weight excluding hydrogens is 264 g/mol. The fourth-order valence-electron chi connectivity index (χ4n) is 1.70. The summed E-state index contributed by atoms with van der Waals surface area (Å²) >= 11 is 0. The Hall–Kier alpha value is -1.57. The Balaban J connectivity index is 2.32. The first kappa shape index (κ1) is 17.5. The highest BCUT2D eigenvalue weighted by atomic mass is 16.5. The van der Waals surface area contributed by atoms with Gasteiger partial charge in [0.05, 0.1) is 5.56 Å². The van der Waals surface area contributed by atoms with Crippen LogP contribution in [0.1, 0.15) is 33.3 Å². The van der Waals surface area contributed by atoms with Crippen molar-refractivity contribution in [2.45, 2.75) is 33.8 Å². The van der Waals surface area contributed by atoms with Crippen molar-refractivity contribution in [1.29, 1.82) is 5.26 Å². The summed E-state index contributed by atoms with van der Waals surface area (Å²) in [5, 5.41) is 22.1. The van der Waals surface area contributed by atoms with E-state index in [4.69, 9.17) is 10.00 Å². The summed E-state index contributed by atoms with van der Waals surface area (Å²) in [4.78, 5) is 0. The van der Waals surface area contributed by atoms with E-state index in [0.717, 1.165) is 6.54 Å². The zero-order valence-corrected chi connectivity index (χ0v) is 13.4. The molecule has 0 saturated heterocycles. The summed E-state index contributed by atoms with van der Waals surface area (Å²) < 4.78 is 5.50. The maximum atomic E-state index is 9.92. The number of hydrogen-bond donors (Lipinski definition) is 2. The maximum Gasteiger partial charge on any atom is 0.137 e. The summed E-state index contributed by atoms with van der Waals surface area (Å²) in [6.07, 6.45) is -0.594. The van der Waals surface area contributed by atoms with E-state index in [-0.39, 0.29) is 12.0 Å². The molecule has 1 rings (SSSR count). The molecule has 0 heterocycles. The van der Waals surface area contributed by atoms with Crippen LogP contribution in [0.15, 0.2) is 24.3 Å². The highest BCUT2D eigenvalue weighted by Crippen LogP contribution is 2.24. The lowest BCUT2D eigenvalue weighted by Crippen LogP contribution is -2.36. The normalized spacial score (nSPS) is 14.3. The average molecular weight is 290 g/mol. The maximum absolute atomic E-state index is 9.92. The number of nitrogens with one attached hydrogen (secondary N) is 1. The number of rotatable bonds is 7. The monoisotopic (exact) mass is 290 g/mol. The third-order valence-corrected chi connectivity index (χ3v) is 3.75. The molecule has 1 aromatic carbocycles. The summed E-state index contributed by atoms with van der Waals surface area (Å²) in [6.45, 7) is 10.3. The number of para-hydroxylation sites is 1. The van der Waals surface area contributed by atoms with Crippen LogP contribution in [-0.2, 0) is 0 Å². The largest absolute Gasteiger partial charge is 0.489 e. The molecule has 0 saturated carbocycles. The summed E-state index contributed by atoms with van der Waals surface area (Å²) in [6, 6.07) is 9.11. The third-order valence-electron chi connectivity index (χ3n) is 3.75. The SMILES string of the molecule is CC(CNCC(O)COc1ccccc1C#N)C(C)(C)C. The van der Waals surface area contributed by atoms with E-state index in [1.807, 2.05) is 6.07 Å². The fraction of sp³-hybridized carbons (Fsp3) is 0.588. The Morgan fingerprint density at radius 3 is 2.57 bits per heavy atom. The average Bonchev–Trinajstić information content (AvgIpc) is 2.44. The first-order valence-corrected chi connectivity index (χ1v) is 7.35. The van der Waals surface area contributed by atoms with Crippen LogP contribution < -0.4 is 10.1 Å². The number of benzene rings is 1. The van der Waals surface area contributed by atoms with E-state index in [0.29, 0.717) is 23.8 Å². The Bertz CT molecular complexity index is 474. The van der Waals surface area contributed by atoms with Gasteiger partial charge in [0.2, 0.25) is 0 Å². The van der Waals surface area contributed by atoms with Gasteiger partial charge in [-0.3, -0.25) is 0 Å². The molecule has 0 fully saturated rings. The quantitative estimate of drug-likeness (QED) is 0.810. The van der Waals surface area contributed by atoms with Crippen LogP contribution in [0.2, 0.25) is 0 Å². The van der Waals surface area contributed by atoms with Crippen molar-refractivity contribution in [2.24, 2.45) is 11.3 Å². The predicted molar refractivity (Wildman–Crippen MR) is 84.1 cm³/mol. The zero-order chi connectivity index (χ0) is 15.9. The van der Waals surface area contributed by atoms with Gasteiger partial charge < -0.3 is 15.2 Å². The fourth-order valence-corrected chi connectivity index (χ4v) is 1.70. The van der Waals surface area contributed by atoms with Crippen molar-refractivity contribution >= 4 is 0 Å². The van der Waals surface area contributed by atoms with Gasteiger partial charge in [0, 0.05) is 6.54 Å². The van der Waals surface area contributed by atoms with Crippen LogP contribution in [0, 0.1) is 22.7 Å². The van der Waals surface area contributed by atoms with Crippen LogP contribution in [0.3, 0.4) is 0 Å². The third kappa shape index (κ3) is 6.16. The Morgan fingerprint density at radius 1 is 1.29 bits per heavy atom. The predicted octanol–water partition coefficient (Wildman–Crippen LogP) is 2.57. The molecule has 0 bridgehead atoms. The molecule has 21 heavy (non-hydrogen) atoms. The molecule has 2 atom stereocenters. The van der Waals surface area contributed by atoms with Gasteiger partial charge in [0.15, 0.2) is 0 Å². The molecule has 4 heteroatoms. The van der Waals surface area contributed by atoms with Gasteiger partial charge in [-0.15, -0.1) is 0 Å². The van der Waals surface area contributed by atoms with Crippen LogP contribution in [-0.4, -0.2) is 30.9 Å². The summed E-state index contributed by atoms with van der Waals surface area (Å²) in [7, 11) is 0. The number of nitrogens with zero attached hydrogens (tertiary/aromatic N) is 1. The molecule has 0 aromatic heterocycles. The van der Waals surface area contributed by atoms with E-state index < -0.39 is 6.10 Å². The molecule has 0 spiro atoms. The number of aliphatic hydroxyl groups excluding tert-OH is 1. The van der Waals surface area contributed by atoms with Crippen molar-refractivity contribution in [2.75, 3.05) is 19.7 Å². The van der Waals surface area contributed by atoms with E-state index >= 15 is 0 Å². The number of aliphatic hydroxyl groups is 1. The standard InChI is InChI=1S/C17H26N2O2/c1-13(17(2,3)4)10-19-11-15(20)12-21-16-8-6-5-7-14(16)9-18/h5-8,13,15,19-20H,10-12H2,1-4H3. The highest BCUT2D eigenvalue weighted by molar-refractivity contribution is 5.42. The second-order valence-electron chi connectivity index (χ2n) is 6.50. The van der Waals surface area contributed by atoms with E-state index in [9.17, 15) is 5.11 Å². The molecular formula is C17H26N2O2. The molecule has 0 aliphatic heterocycles. The van der Waals surface area contributed by atoms with Gasteiger partial charge in [-0.25, -0.2) is 0 Å². The molecule has 1 aromatic rings. The van der Waals surface area contributed by atoms with Crippen molar-refractivity contribution in [3.63, 3.8) is 0 Å². The van der Waals surface area contributed by atoms with Gasteiger partial charge in [0.1, 0.15) is 24.5 Å². The second-order valence-corrected chi connectivity index (χ2v) is 6.50. The minimum absolute atomic E-state index is 0.176. The summed E-state index contributed by atoms with van der Waals surface area (Å²) in [5.74, 6) is 1.03. The molecule has 2 N–H and O–H groups in total. The Kier molecular flexibility index (Phi) is 6.67. The minimum atomic E-state index is -0.594. The molecule has 116 valence electrons. The first-order valence-electron chi connectivity index (χ1n) is 7.35. The van der Waals surface area contributed by atoms with Gasteiger partial charge in [-0.1, -0.05) is 39.8 Å².